The Morgan fingerprint density at radius 2 is 1.93 bits per heavy atom. The van der Waals surface area contributed by atoms with Gasteiger partial charge in [-0.15, -0.1) is 0 Å². The molecule has 3 atom stereocenters. The van der Waals surface area contributed by atoms with E-state index < -0.39 is 18.3 Å². The van der Waals surface area contributed by atoms with Gasteiger partial charge in [0.2, 0.25) is 0 Å². The molecule has 0 saturated heterocycles. The van der Waals surface area contributed by atoms with Crippen molar-refractivity contribution in [2.24, 2.45) is 7.05 Å². The Hall–Kier alpha value is -1.70. The lowest BCUT2D eigenvalue weighted by Gasteiger charge is -2.15. The molecular weight excluding hydrogens is 348 g/mol. The number of aromatic nitrogens is 2. The van der Waals surface area contributed by atoms with Crippen LogP contribution in [0.15, 0.2) is 6.08 Å². The summed E-state index contributed by atoms with van der Waals surface area (Å²) in [7, 11) is 3.18. The Morgan fingerprint density at radius 3 is 2.56 bits per heavy atom. The second kappa shape index (κ2) is 11.9. The molecule has 0 aliphatic heterocycles. The maximum Gasteiger partial charge on any atom is 0.305 e. The Bertz CT molecular complexity index is 612. The lowest BCUT2D eigenvalue weighted by atomic mass is 10.0. The molecule has 7 heteroatoms. The van der Waals surface area contributed by atoms with E-state index in [1.54, 1.807) is 6.08 Å². The zero-order valence-corrected chi connectivity index (χ0v) is 16.9. The monoisotopic (exact) mass is 382 g/mol. The fourth-order valence-corrected chi connectivity index (χ4v) is 2.94. The molecule has 0 radical (unpaired) electrons. The minimum Gasteiger partial charge on any atom is -0.469 e. The highest BCUT2D eigenvalue weighted by Crippen LogP contribution is 2.25. The summed E-state index contributed by atoms with van der Waals surface area (Å²) in [5.41, 5.74) is 1.31. The van der Waals surface area contributed by atoms with Crippen LogP contribution in [0.3, 0.4) is 0 Å². The van der Waals surface area contributed by atoms with Gasteiger partial charge in [-0.25, -0.2) is 4.98 Å². The zero-order valence-electron chi connectivity index (χ0n) is 16.9. The minimum absolute atomic E-state index is 0.206. The quantitative estimate of drug-likeness (QED) is 0.379. The van der Waals surface area contributed by atoms with Gasteiger partial charge in [-0.1, -0.05) is 32.3 Å². The van der Waals surface area contributed by atoms with Crippen LogP contribution in [0.2, 0.25) is 0 Å². The second-order valence-electron chi connectivity index (χ2n) is 6.89. The van der Waals surface area contributed by atoms with Crippen LogP contribution in [0.4, 0.5) is 0 Å². The highest BCUT2D eigenvalue weighted by molar-refractivity contribution is 5.69. The summed E-state index contributed by atoms with van der Waals surface area (Å²) in [6.45, 7) is 3.98. The highest BCUT2D eigenvalue weighted by atomic mass is 16.5. The molecule has 154 valence electrons. The van der Waals surface area contributed by atoms with Gasteiger partial charge in [0.15, 0.2) is 0 Å². The van der Waals surface area contributed by atoms with E-state index in [0.717, 1.165) is 25.1 Å². The molecule has 0 unspecified atom stereocenters. The standard InChI is InChI=1S/C20H34N2O5/c1-5-6-7-9-18(25)20-15(21-14(2)22(20)3)12-13-17(24)16(23)10-8-11-19(26)27-4/h12-13,16-18,23-25H,5-11H2,1-4H3/b13-12+/t16-,17+,18-/m0/s1. The molecule has 1 heterocycles. The van der Waals surface area contributed by atoms with Crippen molar-refractivity contribution in [3.63, 3.8) is 0 Å². The van der Waals surface area contributed by atoms with E-state index in [4.69, 9.17) is 0 Å². The van der Waals surface area contributed by atoms with Crippen molar-refractivity contribution in [2.45, 2.75) is 77.1 Å². The van der Waals surface area contributed by atoms with Gasteiger partial charge < -0.3 is 24.6 Å². The van der Waals surface area contributed by atoms with Crippen LogP contribution in [0.5, 0.6) is 0 Å². The number of carbonyl (C=O) groups is 1. The van der Waals surface area contributed by atoms with Crippen LogP contribution in [0.1, 0.15) is 75.2 Å². The van der Waals surface area contributed by atoms with E-state index in [2.05, 4.69) is 16.6 Å². The third-order valence-corrected chi connectivity index (χ3v) is 4.74. The van der Waals surface area contributed by atoms with Gasteiger partial charge in [-0.2, -0.15) is 0 Å². The minimum atomic E-state index is -1.07. The molecule has 1 aromatic heterocycles. The van der Waals surface area contributed by atoms with Crippen molar-refractivity contribution in [1.82, 2.24) is 9.55 Å². The average Bonchev–Trinajstić information content (AvgIpc) is 2.93. The molecule has 1 aromatic rings. The van der Waals surface area contributed by atoms with Gasteiger partial charge in [-0.05, 0) is 32.3 Å². The van der Waals surface area contributed by atoms with Crippen LogP contribution in [0.25, 0.3) is 6.08 Å². The summed E-state index contributed by atoms with van der Waals surface area (Å²) in [4.78, 5) is 15.5. The summed E-state index contributed by atoms with van der Waals surface area (Å²) in [6.07, 6.45) is 5.12. The molecule has 0 fully saturated rings. The fourth-order valence-electron chi connectivity index (χ4n) is 2.94. The first kappa shape index (κ1) is 23.3. The number of unbranched alkanes of at least 4 members (excludes halogenated alkanes) is 2. The van der Waals surface area contributed by atoms with Gasteiger partial charge >= 0.3 is 5.97 Å². The van der Waals surface area contributed by atoms with E-state index in [0.29, 0.717) is 24.2 Å². The third-order valence-electron chi connectivity index (χ3n) is 4.74. The predicted octanol–water partition coefficient (Wildman–Crippen LogP) is 2.42. The molecule has 0 bridgehead atoms. The summed E-state index contributed by atoms with van der Waals surface area (Å²) in [5, 5.41) is 30.7. The number of carbonyl (C=O) groups excluding carboxylic acids is 1. The van der Waals surface area contributed by atoms with E-state index in [1.807, 2.05) is 18.5 Å². The van der Waals surface area contributed by atoms with Crippen LogP contribution in [0, 0.1) is 6.92 Å². The number of aryl methyl sites for hydroxylation is 1. The van der Waals surface area contributed by atoms with Crippen molar-refractivity contribution in [3.05, 3.63) is 23.3 Å². The second-order valence-corrected chi connectivity index (χ2v) is 6.89. The van der Waals surface area contributed by atoms with Crippen LogP contribution >= 0.6 is 0 Å². The van der Waals surface area contributed by atoms with Crippen molar-refractivity contribution in [1.29, 1.82) is 0 Å². The topological polar surface area (TPSA) is 105 Å². The molecule has 0 saturated carbocycles. The number of aliphatic hydroxyl groups excluding tert-OH is 3. The Morgan fingerprint density at radius 1 is 1.22 bits per heavy atom. The van der Waals surface area contributed by atoms with Gasteiger partial charge in [0, 0.05) is 13.5 Å². The number of aliphatic hydroxyl groups is 3. The predicted molar refractivity (Wildman–Crippen MR) is 104 cm³/mol. The number of hydrogen-bond acceptors (Lipinski definition) is 6. The van der Waals surface area contributed by atoms with Crippen LogP contribution < -0.4 is 0 Å². The van der Waals surface area contributed by atoms with Gasteiger partial charge in [0.25, 0.3) is 0 Å². The third kappa shape index (κ3) is 7.44. The van der Waals surface area contributed by atoms with Crippen LogP contribution in [-0.4, -0.2) is 50.2 Å². The van der Waals surface area contributed by atoms with Crippen molar-refractivity contribution >= 4 is 12.0 Å². The SMILES string of the molecule is CCCCC[C@H](O)c1c(/C=C/[C@@H](O)[C@@H](O)CCCC(=O)OC)nc(C)n1C. The van der Waals surface area contributed by atoms with Gasteiger partial charge in [0.05, 0.1) is 36.8 Å². The molecule has 0 aromatic carbocycles. The van der Waals surface area contributed by atoms with Gasteiger partial charge in [0.1, 0.15) is 5.82 Å². The Labute approximate surface area is 161 Å². The summed E-state index contributed by atoms with van der Waals surface area (Å²) < 4.78 is 6.41. The molecule has 3 N–H and O–H groups in total. The molecule has 27 heavy (non-hydrogen) atoms. The first-order valence-electron chi connectivity index (χ1n) is 9.64. The van der Waals surface area contributed by atoms with E-state index in [1.165, 1.54) is 13.2 Å². The smallest absolute Gasteiger partial charge is 0.305 e. The van der Waals surface area contributed by atoms with Crippen molar-refractivity contribution < 1.29 is 24.9 Å². The number of imidazole rings is 1. The highest BCUT2D eigenvalue weighted by Gasteiger charge is 2.19. The number of ether oxygens (including phenoxy) is 1. The molecule has 0 amide bonds. The number of hydrogen-bond donors (Lipinski definition) is 3. The van der Waals surface area contributed by atoms with E-state index in [-0.39, 0.29) is 18.8 Å². The van der Waals surface area contributed by atoms with Crippen molar-refractivity contribution in [2.75, 3.05) is 7.11 Å². The molecule has 1 rings (SSSR count). The molecule has 0 spiro atoms. The largest absolute Gasteiger partial charge is 0.469 e. The fraction of sp³-hybridized carbons (Fsp3) is 0.700. The first-order valence-corrected chi connectivity index (χ1v) is 9.64. The Balaban J connectivity index is 2.73. The average molecular weight is 383 g/mol. The molecule has 0 aliphatic rings. The molecular formula is C20H34N2O5. The number of nitrogens with zero attached hydrogens (tertiary/aromatic N) is 2. The molecule has 7 nitrogen and oxygen atoms in total. The lowest BCUT2D eigenvalue weighted by Crippen LogP contribution is -2.23. The van der Waals surface area contributed by atoms with Gasteiger partial charge in [-0.3, -0.25) is 4.79 Å². The van der Waals surface area contributed by atoms with Crippen molar-refractivity contribution in [3.8, 4) is 0 Å². The lowest BCUT2D eigenvalue weighted by molar-refractivity contribution is -0.140. The Kier molecular flexibility index (Phi) is 10.3. The molecule has 0 aliphatic carbocycles. The number of esters is 1. The number of methoxy groups -OCH3 is 1. The summed E-state index contributed by atoms with van der Waals surface area (Å²) in [6, 6.07) is 0. The maximum atomic E-state index is 11.1. The zero-order chi connectivity index (χ0) is 20.4. The first-order chi connectivity index (χ1) is 12.8. The number of rotatable bonds is 12. The normalized spacial score (nSPS) is 15.1. The summed E-state index contributed by atoms with van der Waals surface area (Å²) in [5.74, 6) is 0.435. The van der Waals surface area contributed by atoms with E-state index >= 15 is 0 Å². The van der Waals surface area contributed by atoms with Crippen LogP contribution in [-0.2, 0) is 16.6 Å². The summed E-state index contributed by atoms with van der Waals surface area (Å²) >= 11 is 0. The maximum absolute atomic E-state index is 11.1. The van der Waals surface area contributed by atoms with E-state index in [9.17, 15) is 20.1 Å².